The van der Waals surface area contributed by atoms with E-state index in [9.17, 15) is 24.3 Å². The summed E-state index contributed by atoms with van der Waals surface area (Å²) in [6, 6.07) is 0. The fraction of sp³-hybridized carbons (Fsp3) is 0.727. The van der Waals surface area contributed by atoms with Crippen molar-refractivity contribution in [2.75, 3.05) is 0 Å². The number of Topliss-reactive ketones (excluding diaryl/α,β-unsaturated/α-hetero) is 2. The Bertz CT molecular complexity index is 865. The zero-order chi connectivity index (χ0) is 21.5. The largest absolute Gasteiger partial charge is 0.475 e. The van der Waals surface area contributed by atoms with E-state index in [1.165, 1.54) is 6.08 Å². The molecule has 4 aliphatic rings. The van der Waals surface area contributed by atoms with Crippen molar-refractivity contribution in [1.29, 1.82) is 0 Å². The number of carbonyl (C=O) groups is 4. The number of hydrogen-bond donors (Lipinski definition) is 1. The van der Waals surface area contributed by atoms with Gasteiger partial charge in [0.15, 0.2) is 17.2 Å². The lowest BCUT2D eigenvalue weighted by atomic mass is 9.44. The summed E-state index contributed by atoms with van der Waals surface area (Å²) in [5, 5.41) is 9.27. The average molecular weight is 408 g/mol. The molecule has 0 unspecified atom stereocenters. The number of carboxylic acids is 1. The number of carbonyl (C=O) groups excluding carboxylic acids is 3. The molecule has 0 aromatic rings. The third-order valence-corrected chi connectivity index (χ3v) is 8.62. The van der Waals surface area contributed by atoms with Gasteiger partial charge in [-0.25, -0.2) is 13.6 Å². The molecule has 0 heterocycles. The minimum atomic E-state index is -2.31. The van der Waals surface area contributed by atoms with Crippen LogP contribution in [0.25, 0.3) is 0 Å². The fourth-order valence-corrected chi connectivity index (χ4v) is 7.34. The number of hydrogen-bond acceptors (Lipinski definition) is 4. The van der Waals surface area contributed by atoms with Gasteiger partial charge in [-0.15, -0.1) is 0 Å². The SMILES string of the molecule is C[C@@H]1C[C@H]2[C@@H]3C[C@H](F)C4=CC(=O)CC[C@]4(C)[C@@]3(F)C(=O)C[C@]2(C)[C@H]1C(=O)C(=O)O. The number of carboxylic acid groups (broad SMARTS) is 1. The van der Waals surface area contributed by atoms with Gasteiger partial charge in [-0.1, -0.05) is 20.8 Å². The minimum Gasteiger partial charge on any atom is -0.475 e. The third kappa shape index (κ3) is 2.36. The summed E-state index contributed by atoms with van der Waals surface area (Å²) < 4.78 is 32.0. The second-order valence-corrected chi connectivity index (χ2v) is 9.99. The molecule has 0 spiro atoms. The molecule has 4 rings (SSSR count). The van der Waals surface area contributed by atoms with E-state index < -0.39 is 58.0 Å². The molecule has 5 nitrogen and oxygen atoms in total. The standard InChI is InChI=1S/C22H26F2O5/c1-10-6-12-13-8-15(23)14-7-11(25)4-5-21(14,3)22(13,24)16(26)9-20(12,2)17(10)18(27)19(28)29/h7,10,12-13,15,17H,4-6,8-9H2,1-3H3,(H,28,29)/t10-,12+,13+,15+,17-,20+,21+,22+/m1/s1. The molecule has 8 atom stereocenters. The molecule has 0 saturated heterocycles. The van der Waals surface area contributed by atoms with Crippen molar-refractivity contribution >= 4 is 23.3 Å². The zero-order valence-electron chi connectivity index (χ0n) is 16.8. The maximum atomic E-state index is 16.8. The Kier molecular flexibility index (Phi) is 4.25. The molecule has 0 amide bonds. The van der Waals surface area contributed by atoms with Gasteiger partial charge >= 0.3 is 5.97 Å². The molecule has 1 N–H and O–H groups in total. The highest BCUT2D eigenvalue weighted by atomic mass is 19.1. The first-order chi connectivity index (χ1) is 13.4. The molecule has 0 aromatic heterocycles. The highest BCUT2D eigenvalue weighted by molar-refractivity contribution is 6.34. The summed E-state index contributed by atoms with van der Waals surface area (Å²) in [7, 11) is 0. The quantitative estimate of drug-likeness (QED) is 0.709. The molecular weight excluding hydrogens is 382 g/mol. The van der Waals surface area contributed by atoms with Crippen molar-refractivity contribution in [2.45, 2.75) is 64.7 Å². The molecule has 3 fully saturated rings. The van der Waals surface area contributed by atoms with Crippen LogP contribution < -0.4 is 0 Å². The van der Waals surface area contributed by atoms with Crippen LogP contribution in [0.5, 0.6) is 0 Å². The first-order valence-corrected chi connectivity index (χ1v) is 10.3. The summed E-state index contributed by atoms with van der Waals surface area (Å²) in [5.41, 5.74) is -4.63. The predicted octanol–water partition coefficient (Wildman–Crippen LogP) is 3.25. The summed E-state index contributed by atoms with van der Waals surface area (Å²) in [6.45, 7) is 4.99. The van der Waals surface area contributed by atoms with Crippen LogP contribution in [0, 0.1) is 34.5 Å². The number of aliphatic carboxylic acids is 1. The first-order valence-electron chi connectivity index (χ1n) is 10.3. The Labute approximate surface area is 167 Å². The lowest BCUT2D eigenvalue weighted by Gasteiger charge is -2.60. The van der Waals surface area contributed by atoms with Crippen LogP contribution in [0.2, 0.25) is 0 Å². The molecule has 0 bridgehead atoms. The normalized spacial score (nSPS) is 49.0. The Morgan fingerprint density at radius 2 is 1.83 bits per heavy atom. The van der Waals surface area contributed by atoms with E-state index in [1.807, 2.05) is 0 Å². The van der Waals surface area contributed by atoms with Gasteiger partial charge in [0.25, 0.3) is 0 Å². The topological polar surface area (TPSA) is 88.5 Å². The Morgan fingerprint density at radius 1 is 1.17 bits per heavy atom. The molecule has 29 heavy (non-hydrogen) atoms. The van der Waals surface area contributed by atoms with Gasteiger partial charge in [-0.2, -0.15) is 0 Å². The van der Waals surface area contributed by atoms with Crippen LogP contribution in [0.1, 0.15) is 52.9 Å². The molecule has 158 valence electrons. The molecule has 4 aliphatic carbocycles. The highest BCUT2D eigenvalue weighted by Gasteiger charge is 2.74. The summed E-state index contributed by atoms with van der Waals surface area (Å²) in [4.78, 5) is 49.0. The Morgan fingerprint density at radius 3 is 2.45 bits per heavy atom. The van der Waals surface area contributed by atoms with Gasteiger partial charge in [0, 0.05) is 30.1 Å². The molecule has 0 aliphatic heterocycles. The Balaban J connectivity index is 1.84. The molecule has 0 radical (unpaired) electrons. The molecular formula is C22H26F2O5. The van der Waals surface area contributed by atoms with Crippen LogP contribution in [0.15, 0.2) is 11.6 Å². The molecule has 3 saturated carbocycles. The second-order valence-electron chi connectivity index (χ2n) is 9.99. The van der Waals surface area contributed by atoms with Crippen molar-refractivity contribution in [3.8, 4) is 0 Å². The van der Waals surface area contributed by atoms with E-state index in [2.05, 4.69) is 0 Å². The van der Waals surface area contributed by atoms with Crippen molar-refractivity contribution in [3.63, 3.8) is 0 Å². The van der Waals surface area contributed by atoms with Crippen LogP contribution in [-0.4, -0.2) is 40.3 Å². The van der Waals surface area contributed by atoms with Gasteiger partial charge in [0.1, 0.15) is 6.17 Å². The third-order valence-electron chi connectivity index (χ3n) is 8.62. The predicted molar refractivity (Wildman–Crippen MR) is 98.4 cm³/mol. The van der Waals surface area contributed by atoms with E-state index in [4.69, 9.17) is 0 Å². The van der Waals surface area contributed by atoms with Gasteiger partial charge < -0.3 is 5.11 Å². The van der Waals surface area contributed by atoms with Gasteiger partial charge in [-0.3, -0.25) is 14.4 Å². The van der Waals surface area contributed by atoms with Crippen molar-refractivity contribution in [2.24, 2.45) is 34.5 Å². The average Bonchev–Trinajstić information content (AvgIpc) is 2.89. The minimum absolute atomic E-state index is 0.0663. The lowest BCUT2D eigenvalue weighted by molar-refractivity contribution is -0.178. The summed E-state index contributed by atoms with van der Waals surface area (Å²) in [6.07, 6.45) is -0.294. The monoisotopic (exact) mass is 408 g/mol. The van der Waals surface area contributed by atoms with Gasteiger partial charge in [0.2, 0.25) is 5.78 Å². The molecule has 0 aromatic carbocycles. The first kappa shape index (κ1) is 20.4. The number of fused-ring (bicyclic) bond motifs is 5. The van der Waals surface area contributed by atoms with Crippen LogP contribution in [0.3, 0.4) is 0 Å². The number of ketones is 3. The zero-order valence-corrected chi connectivity index (χ0v) is 16.8. The van der Waals surface area contributed by atoms with Crippen molar-refractivity contribution < 1.29 is 33.1 Å². The Hall–Kier alpha value is -1.92. The van der Waals surface area contributed by atoms with Crippen molar-refractivity contribution in [3.05, 3.63) is 11.6 Å². The number of alkyl halides is 2. The van der Waals surface area contributed by atoms with Gasteiger partial charge in [0.05, 0.1) is 0 Å². The van der Waals surface area contributed by atoms with Crippen LogP contribution >= 0.6 is 0 Å². The van der Waals surface area contributed by atoms with E-state index in [0.717, 1.165) is 0 Å². The van der Waals surface area contributed by atoms with Gasteiger partial charge in [-0.05, 0) is 48.2 Å². The number of allylic oxidation sites excluding steroid dienone is 1. The smallest absolute Gasteiger partial charge is 0.372 e. The van der Waals surface area contributed by atoms with E-state index in [0.29, 0.717) is 6.42 Å². The van der Waals surface area contributed by atoms with Crippen LogP contribution in [-0.2, 0) is 19.2 Å². The highest BCUT2D eigenvalue weighted by Crippen LogP contribution is 2.69. The maximum absolute atomic E-state index is 16.8. The van der Waals surface area contributed by atoms with Crippen LogP contribution in [0.4, 0.5) is 8.78 Å². The second kappa shape index (κ2) is 6.05. The van der Waals surface area contributed by atoms with E-state index in [-0.39, 0.29) is 43.0 Å². The van der Waals surface area contributed by atoms with Crippen molar-refractivity contribution in [1.82, 2.24) is 0 Å². The van der Waals surface area contributed by atoms with E-state index >= 15 is 8.78 Å². The lowest BCUT2D eigenvalue weighted by Crippen LogP contribution is -2.67. The maximum Gasteiger partial charge on any atom is 0.372 e. The summed E-state index contributed by atoms with van der Waals surface area (Å²) >= 11 is 0. The summed E-state index contributed by atoms with van der Waals surface area (Å²) in [5.74, 6) is -6.08. The van der Waals surface area contributed by atoms with E-state index in [1.54, 1.807) is 20.8 Å². The molecule has 7 heteroatoms. The number of halogens is 2. The number of rotatable bonds is 2. The fourth-order valence-electron chi connectivity index (χ4n) is 7.34.